The number of rotatable bonds is 2. The first-order valence-corrected chi connectivity index (χ1v) is 7.05. The smallest absolute Gasteiger partial charge is 0.254 e. The molecule has 2 heterocycles. The van der Waals surface area contributed by atoms with Crippen LogP contribution in [0.4, 0.5) is 5.82 Å². The van der Waals surface area contributed by atoms with Gasteiger partial charge in [0.1, 0.15) is 12.1 Å². The van der Waals surface area contributed by atoms with E-state index in [4.69, 9.17) is 0 Å². The molecule has 5 heteroatoms. The van der Waals surface area contributed by atoms with Gasteiger partial charge >= 0.3 is 0 Å². The van der Waals surface area contributed by atoms with Gasteiger partial charge < -0.3 is 5.32 Å². The molecule has 19 heavy (non-hydrogen) atoms. The highest BCUT2D eigenvalue weighted by Crippen LogP contribution is 2.30. The van der Waals surface area contributed by atoms with Gasteiger partial charge in [0.2, 0.25) is 0 Å². The van der Waals surface area contributed by atoms with Gasteiger partial charge in [-0.25, -0.2) is 4.98 Å². The molecule has 3 rings (SSSR count). The number of nitrogens with one attached hydrogen (secondary N) is 1. The first-order valence-electron chi connectivity index (χ1n) is 7.05. The maximum Gasteiger partial charge on any atom is 0.254 e. The Morgan fingerprint density at radius 1 is 1.21 bits per heavy atom. The summed E-state index contributed by atoms with van der Waals surface area (Å²) in [4.78, 5) is 8.53. The van der Waals surface area contributed by atoms with E-state index in [0.29, 0.717) is 11.8 Å². The summed E-state index contributed by atoms with van der Waals surface area (Å²) in [5, 5.41) is 7.88. The van der Waals surface area contributed by atoms with E-state index >= 15 is 0 Å². The molecule has 0 spiro atoms. The first kappa shape index (κ1) is 12.4. The summed E-state index contributed by atoms with van der Waals surface area (Å²) < 4.78 is 1.79. The van der Waals surface area contributed by atoms with Crippen molar-refractivity contribution in [3.05, 3.63) is 18.1 Å². The molecule has 1 saturated carbocycles. The Kier molecular flexibility index (Phi) is 3.12. The highest BCUT2D eigenvalue weighted by Gasteiger charge is 2.24. The van der Waals surface area contributed by atoms with Gasteiger partial charge in [-0.05, 0) is 38.0 Å². The van der Waals surface area contributed by atoms with Crippen molar-refractivity contribution in [1.82, 2.24) is 19.6 Å². The molecule has 0 saturated heterocycles. The molecule has 5 nitrogen and oxygen atoms in total. The van der Waals surface area contributed by atoms with Crippen LogP contribution in [0, 0.1) is 18.8 Å². The van der Waals surface area contributed by atoms with Gasteiger partial charge in [-0.15, -0.1) is 0 Å². The second kappa shape index (κ2) is 4.79. The number of fused-ring (bicyclic) bond motifs is 1. The van der Waals surface area contributed by atoms with E-state index in [2.05, 4.69) is 34.2 Å². The molecule has 0 aromatic carbocycles. The van der Waals surface area contributed by atoms with Crippen molar-refractivity contribution < 1.29 is 0 Å². The maximum absolute atomic E-state index is 4.37. The van der Waals surface area contributed by atoms with E-state index < -0.39 is 0 Å². The molecule has 2 aromatic heterocycles. The van der Waals surface area contributed by atoms with Gasteiger partial charge in [0.15, 0.2) is 0 Å². The zero-order chi connectivity index (χ0) is 13.4. The minimum atomic E-state index is 0.521. The number of hydrogen-bond acceptors (Lipinski definition) is 4. The fourth-order valence-electron chi connectivity index (χ4n) is 3.31. The molecule has 102 valence electrons. The lowest BCUT2D eigenvalue weighted by molar-refractivity contribution is 0.280. The van der Waals surface area contributed by atoms with Gasteiger partial charge in [0.25, 0.3) is 5.78 Å². The Morgan fingerprint density at radius 3 is 2.68 bits per heavy atom. The Hall–Kier alpha value is -1.65. The van der Waals surface area contributed by atoms with E-state index in [1.807, 2.05) is 13.0 Å². The van der Waals surface area contributed by atoms with E-state index in [1.165, 1.54) is 19.3 Å². The molecular weight excluding hydrogens is 238 g/mol. The highest BCUT2D eigenvalue weighted by molar-refractivity contribution is 5.45. The van der Waals surface area contributed by atoms with Crippen LogP contribution in [0.3, 0.4) is 0 Å². The molecule has 1 N–H and O–H groups in total. The summed E-state index contributed by atoms with van der Waals surface area (Å²) in [7, 11) is 0. The van der Waals surface area contributed by atoms with Crippen molar-refractivity contribution >= 4 is 11.6 Å². The van der Waals surface area contributed by atoms with E-state index in [-0.39, 0.29) is 0 Å². The zero-order valence-corrected chi connectivity index (χ0v) is 11.8. The lowest BCUT2D eigenvalue weighted by Crippen LogP contribution is -2.31. The minimum absolute atomic E-state index is 0.521. The molecule has 2 atom stereocenters. The predicted molar refractivity (Wildman–Crippen MR) is 75.1 cm³/mol. The lowest BCUT2D eigenvalue weighted by atomic mass is 9.80. The second-order valence-corrected chi connectivity index (χ2v) is 6.01. The van der Waals surface area contributed by atoms with Gasteiger partial charge in [0.05, 0.1) is 0 Å². The summed E-state index contributed by atoms with van der Waals surface area (Å²) in [5.41, 5.74) is 0.972. The molecule has 2 aromatic rings. The van der Waals surface area contributed by atoms with Crippen LogP contribution in [-0.2, 0) is 0 Å². The molecule has 1 fully saturated rings. The van der Waals surface area contributed by atoms with Crippen molar-refractivity contribution in [2.24, 2.45) is 11.8 Å². The number of nitrogens with zero attached hydrogens (tertiary/aromatic N) is 4. The Balaban J connectivity index is 1.86. The molecule has 0 radical (unpaired) electrons. The minimum Gasteiger partial charge on any atom is -0.367 e. The molecular formula is C14H21N5. The van der Waals surface area contributed by atoms with E-state index in [9.17, 15) is 0 Å². The Morgan fingerprint density at radius 2 is 1.95 bits per heavy atom. The largest absolute Gasteiger partial charge is 0.367 e. The van der Waals surface area contributed by atoms with Crippen molar-refractivity contribution in [2.45, 2.75) is 46.1 Å². The molecule has 0 aliphatic heterocycles. The third-order valence-electron chi connectivity index (χ3n) is 3.91. The second-order valence-electron chi connectivity index (χ2n) is 6.01. The van der Waals surface area contributed by atoms with Crippen molar-refractivity contribution in [2.75, 3.05) is 5.32 Å². The number of anilines is 1. The van der Waals surface area contributed by atoms with Crippen molar-refractivity contribution in [3.8, 4) is 0 Å². The average molecular weight is 259 g/mol. The molecule has 1 aliphatic rings. The average Bonchev–Trinajstić information content (AvgIpc) is 2.75. The first-order chi connectivity index (χ1) is 9.11. The summed E-state index contributed by atoms with van der Waals surface area (Å²) in [6.45, 7) is 6.67. The highest BCUT2D eigenvalue weighted by atomic mass is 15.4. The van der Waals surface area contributed by atoms with E-state index in [0.717, 1.165) is 23.3 Å². The van der Waals surface area contributed by atoms with Crippen LogP contribution in [0.5, 0.6) is 0 Å². The van der Waals surface area contributed by atoms with Gasteiger partial charge in [-0.1, -0.05) is 13.8 Å². The van der Waals surface area contributed by atoms with Crippen LogP contribution < -0.4 is 5.32 Å². The fraction of sp³-hybridized carbons (Fsp3) is 0.643. The summed E-state index contributed by atoms with van der Waals surface area (Å²) in [6, 6.07) is 2.57. The van der Waals surface area contributed by atoms with Gasteiger partial charge in [-0.3, -0.25) is 0 Å². The monoisotopic (exact) mass is 259 g/mol. The molecule has 0 amide bonds. The topological polar surface area (TPSA) is 55.1 Å². The standard InChI is InChI=1S/C14H21N5/c1-9-4-10(2)6-12(5-9)18-13-7-11(3)17-14-15-8-16-19(13)14/h7-10,12,18H,4-6H2,1-3H3. The Bertz CT molecular complexity index is 566. The van der Waals surface area contributed by atoms with E-state index in [1.54, 1.807) is 10.8 Å². The van der Waals surface area contributed by atoms with Crippen LogP contribution in [-0.4, -0.2) is 25.6 Å². The van der Waals surface area contributed by atoms with Gasteiger partial charge in [-0.2, -0.15) is 14.6 Å². The lowest BCUT2D eigenvalue weighted by Gasteiger charge is -2.32. The van der Waals surface area contributed by atoms with Crippen LogP contribution >= 0.6 is 0 Å². The normalized spacial score (nSPS) is 27.6. The van der Waals surface area contributed by atoms with Crippen molar-refractivity contribution in [3.63, 3.8) is 0 Å². The SMILES string of the molecule is Cc1cc(NC2CC(C)CC(C)C2)n2ncnc2n1. The predicted octanol–water partition coefficient (Wildman–Crippen LogP) is 2.67. The number of aryl methyl sites for hydroxylation is 1. The third kappa shape index (κ3) is 2.55. The Labute approximate surface area is 113 Å². The van der Waals surface area contributed by atoms with Crippen LogP contribution in [0.25, 0.3) is 5.78 Å². The zero-order valence-electron chi connectivity index (χ0n) is 11.8. The number of hydrogen-bond donors (Lipinski definition) is 1. The van der Waals surface area contributed by atoms with Crippen molar-refractivity contribution in [1.29, 1.82) is 0 Å². The molecule has 1 aliphatic carbocycles. The summed E-state index contributed by atoms with van der Waals surface area (Å²) >= 11 is 0. The molecule has 0 bridgehead atoms. The summed E-state index contributed by atoms with van der Waals surface area (Å²) in [6.07, 6.45) is 5.34. The maximum atomic E-state index is 4.37. The molecule has 2 unspecified atom stereocenters. The summed E-state index contributed by atoms with van der Waals surface area (Å²) in [5.74, 6) is 3.25. The van der Waals surface area contributed by atoms with Crippen LogP contribution in [0.15, 0.2) is 12.4 Å². The van der Waals surface area contributed by atoms with Crippen LogP contribution in [0.2, 0.25) is 0 Å². The third-order valence-corrected chi connectivity index (χ3v) is 3.91. The number of aromatic nitrogens is 4. The quantitative estimate of drug-likeness (QED) is 0.901. The fourth-order valence-corrected chi connectivity index (χ4v) is 3.31. The van der Waals surface area contributed by atoms with Crippen LogP contribution in [0.1, 0.15) is 38.8 Å². The van der Waals surface area contributed by atoms with Gasteiger partial charge in [0, 0.05) is 17.8 Å².